The van der Waals surface area contributed by atoms with Crippen LogP contribution in [-0.4, -0.2) is 37.0 Å². The summed E-state index contributed by atoms with van der Waals surface area (Å²) in [5.41, 5.74) is 1.37. The molecule has 1 aromatic heterocycles. The number of benzene rings is 1. The largest absolute Gasteiger partial charge is 0.461 e. The number of furan rings is 1. The van der Waals surface area contributed by atoms with Crippen LogP contribution in [0.5, 0.6) is 0 Å². The first-order valence-electron chi connectivity index (χ1n) is 8.70. The molecule has 0 bridgehead atoms. The van der Waals surface area contributed by atoms with E-state index in [-0.39, 0.29) is 18.3 Å². The van der Waals surface area contributed by atoms with Gasteiger partial charge in [0.1, 0.15) is 11.3 Å². The molecule has 1 aromatic carbocycles. The van der Waals surface area contributed by atoms with E-state index in [0.717, 1.165) is 55.8 Å². The molecule has 2 aliphatic heterocycles. The first-order valence-corrected chi connectivity index (χ1v) is 8.70. The predicted molar refractivity (Wildman–Crippen MR) is 97.5 cm³/mol. The molecule has 130 valence electrons. The zero-order chi connectivity index (χ0) is 15.7. The average Bonchev–Trinajstić information content (AvgIpc) is 3.20. The van der Waals surface area contributed by atoms with Crippen LogP contribution in [0.3, 0.4) is 0 Å². The van der Waals surface area contributed by atoms with Crippen LogP contribution in [0.25, 0.3) is 11.0 Å². The lowest BCUT2D eigenvalue weighted by Gasteiger charge is -2.38. The summed E-state index contributed by atoms with van der Waals surface area (Å²) in [4.78, 5) is 14.5. The molecule has 0 atom stereocenters. The molecule has 1 amide bonds. The lowest BCUT2D eigenvalue weighted by atomic mass is 9.78. The number of fused-ring (bicyclic) bond motifs is 1. The summed E-state index contributed by atoms with van der Waals surface area (Å²) in [5, 5.41) is 4.58. The highest BCUT2D eigenvalue weighted by Gasteiger charge is 2.37. The molecule has 2 fully saturated rings. The molecular formula is C19H25ClN2O2. The maximum atomic E-state index is 12.5. The normalized spacial score (nSPS) is 19.6. The molecule has 4 nitrogen and oxygen atoms in total. The second-order valence-electron chi connectivity index (χ2n) is 7.06. The van der Waals surface area contributed by atoms with Crippen LogP contribution in [0, 0.1) is 5.41 Å². The molecule has 2 aliphatic rings. The quantitative estimate of drug-likeness (QED) is 0.924. The fourth-order valence-corrected chi connectivity index (χ4v) is 4.00. The van der Waals surface area contributed by atoms with E-state index in [4.69, 9.17) is 4.42 Å². The van der Waals surface area contributed by atoms with Crippen LogP contribution in [0.4, 0.5) is 0 Å². The first kappa shape index (κ1) is 17.3. The zero-order valence-electron chi connectivity index (χ0n) is 13.9. The molecule has 5 heteroatoms. The summed E-state index contributed by atoms with van der Waals surface area (Å²) in [6.45, 7) is 4.11. The Balaban J connectivity index is 0.00000169. The van der Waals surface area contributed by atoms with Crippen molar-refractivity contribution in [3.05, 3.63) is 36.1 Å². The Labute approximate surface area is 149 Å². The summed E-state index contributed by atoms with van der Waals surface area (Å²) in [7, 11) is 0. The molecule has 4 rings (SSSR count). The third-order valence-electron chi connectivity index (χ3n) is 5.57. The van der Waals surface area contributed by atoms with Crippen LogP contribution in [0.2, 0.25) is 0 Å². The van der Waals surface area contributed by atoms with Gasteiger partial charge >= 0.3 is 0 Å². The molecule has 1 spiro atoms. The molecule has 0 aliphatic carbocycles. The smallest absolute Gasteiger partial charge is 0.223 e. The van der Waals surface area contributed by atoms with E-state index < -0.39 is 0 Å². The highest BCUT2D eigenvalue weighted by molar-refractivity contribution is 5.85. The summed E-state index contributed by atoms with van der Waals surface area (Å²) in [6, 6.07) is 10.1. The number of halogens is 1. The lowest BCUT2D eigenvalue weighted by molar-refractivity contribution is -0.133. The van der Waals surface area contributed by atoms with Gasteiger partial charge in [0.15, 0.2) is 0 Å². The Morgan fingerprint density at radius 2 is 2.00 bits per heavy atom. The van der Waals surface area contributed by atoms with E-state index in [9.17, 15) is 4.79 Å². The number of aryl methyl sites for hydroxylation is 1. The SMILES string of the molecule is Cl.O=C(CCc1cc2ccccc2o1)N1CCC2(CCNC2)CC1. The van der Waals surface area contributed by atoms with Crippen molar-refractivity contribution >= 4 is 29.3 Å². The number of amides is 1. The number of likely N-dealkylation sites (tertiary alicyclic amines) is 1. The Morgan fingerprint density at radius 3 is 2.71 bits per heavy atom. The molecule has 2 aromatic rings. The van der Waals surface area contributed by atoms with Crippen LogP contribution >= 0.6 is 12.4 Å². The third kappa shape index (κ3) is 3.45. The summed E-state index contributed by atoms with van der Waals surface area (Å²) in [6.07, 6.45) is 4.81. The van der Waals surface area contributed by atoms with Gasteiger partial charge in [-0.05, 0) is 43.4 Å². The number of carbonyl (C=O) groups is 1. The molecule has 24 heavy (non-hydrogen) atoms. The predicted octanol–water partition coefficient (Wildman–Crippen LogP) is 3.39. The van der Waals surface area contributed by atoms with Gasteiger partial charge in [-0.2, -0.15) is 0 Å². The number of nitrogens with one attached hydrogen (secondary N) is 1. The number of rotatable bonds is 3. The van der Waals surface area contributed by atoms with Gasteiger partial charge in [0, 0.05) is 37.9 Å². The number of hydrogen-bond acceptors (Lipinski definition) is 3. The van der Waals surface area contributed by atoms with Gasteiger partial charge in [0.2, 0.25) is 5.91 Å². The average molecular weight is 349 g/mol. The fourth-order valence-electron chi connectivity index (χ4n) is 4.00. The Morgan fingerprint density at radius 1 is 1.21 bits per heavy atom. The number of piperidine rings is 1. The third-order valence-corrected chi connectivity index (χ3v) is 5.57. The summed E-state index contributed by atoms with van der Waals surface area (Å²) >= 11 is 0. The van der Waals surface area contributed by atoms with E-state index in [2.05, 4.69) is 11.4 Å². The lowest BCUT2D eigenvalue weighted by Crippen LogP contribution is -2.44. The van der Waals surface area contributed by atoms with Crippen LogP contribution in [-0.2, 0) is 11.2 Å². The maximum Gasteiger partial charge on any atom is 0.223 e. The molecule has 3 heterocycles. The van der Waals surface area contributed by atoms with Gasteiger partial charge in [0.05, 0.1) is 0 Å². The molecule has 0 saturated carbocycles. The molecule has 0 unspecified atom stereocenters. The van der Waals surface area contributed by atoms with Crippen molar-refractivity contribution in [3.8, 4) is 0 Å². The monoisotopic (exact) mass is 348 g/mol. The molecule has 0 radical (unpaired) electrons. The fraction of sp³-hybridized carbons (Fsp3) is 0.526. The second kappa shape index (κ2) is 7.16. The molecular weight excluding hydrogens is 324 g/mol. The topological polar surface area (TPSA) is 45.5 Å². The zero-order valence-corrected chi connectivity index (χ0v) is 14.7. The van der Waals surface area contributed by atoms with Crippen molar-refractivity contribution in [1.29, 1.82) is 0 Å². The number of hydrogen-bond donors (Lipinski definition) is 1. The minimum absolute atomic E-state index is 0. The van der Waals surface area contributed by atoms with Crippen LogP contribution in [0.1, 0.15) is 31.4 Å². The highest BCUT2D eigenvalue weighted by Crippen LogP contribution is 2.37. The van der Waals surface area contributed by atoms with Crippen molar-refractivity contribution in [3.63, 3.8) is 0 Å². The van der Waals surface area contributed by atoms with E-state index >= 15 is 0 Å². The van der Waals surface area contributed by atoms with Gasteiger partial charge in [0.25, 0.3) is 0 Å². The van der Waals surface area contributed by atoms with Crippen molar-refractivity contribution < 1.29 is 9.21 Å². The second-order valence-corrected chi connectivity index (χ2v) is 7.06. The van der Waals surface area contributed by atoms with Crippen molar-refractivity contribution in [2.24, 2.45) is 5.41 Å². The van der Waals surface area contributed by atoms with E-state index in [1.54, 1.807) is 0 Å². The highest BCUT2D eigenvalue weighted by atomic mass is 35.5. The Kier molecular flexibility index (Phi) is 5.16. The Bertz CT molecular complexity index is 663. The molecule has 2 saturated heterocycles. The van der Waals surface area contributed by atoms with Crippen molar-refractivity contribution in [1.82, 2.24) is 10.2 Å². The van der Waals surface area contributed by atoms with Gasteiger partial charge in [-0.3, -0.25) is 4.79 Å². The van der Waals surface area contributed by atoms with Crippen LogP contribution in [0.15, 0.2) is 34.7 Å². The van der Waals surface area contributed by atoms with Gasteiger partial charge in [-0.25, -0.2) is 0 Å². The van der Waals surface area contributed by atoms with Crippen molar-refractivity contribution in [2.45, 2.75) is 32.1 Å². The maximum absolute atomic E-state index is 12.5. The van der Waals surface area contributed by atoms with E-state index in [1.165, 1.54) is 6.42 Å². The van der Waals surface area contributed by atoms with Crippen molar-refractivity contribution in [2.75, 3.05) is 26.2 Å². The summed E-state index contributed by atoms with van der Waals surface area (Å²) < 4.78 is 5.80. The molecule has 1 N–H and O–H groups in total. The van der Waals surface area contributed by atoms with Crippen LogP contribution < -0.4 is 5.32 Å². The van der Waals surface area contributed by atoms with Gasteiger partial charge in [-0.1, -0.05) is 18.2 Å². The van der Waals surface area contributed by atoms with E-state index in [1.807, 2.05) is 29.2 Å². The number of carbonyl (C=O) groups excluding carboxylic acids is 1. The summed E-state index contributed by atoms with van der Waals surface area (Å²) in [5.74, 6) is 1.18. The minimum atomic E-state index is 0. The van der Waals surface area contributed by atoms with E-state index in [0.29, 0.717) is 18.3 Å². The first-order chi connectivity index (χ1) is 11.2. The number of nitrogens with zero attached hydrogens (tertiary/aromatic N) is 1. The minimum Gasteiger partial charge on any atom is -0.461 e. The van der Waals surface area contributed by atoms with Gasteiger partial charge < -0.3 is 14.6 Å². The number of para-hydroxylation sites is 1. The standard InChI is InChI=1S/C19H24N2O2.ClH/c22-18(21-11-8-19(9-12-21)7-10-20-14-19)6-5-16-13-15-3-1-2-4-17(15)23-16;/h1-4,13,20H,5-12,14H2;1H. The Hall–Kier alpha value is -1.52. The van der Waals surface area contributed by atoms with Gasteiger partial charge in [-0.15, -0.1) is 12.4 Å².